The lowest BCUT2D eigenvalue weighted by Gasteiger charge is -2.26. The highest BCUT2D eigenvalue weighted by Crippen LogP contribution is 2.31. The summed E-state index contributed by atoms with van der Waals surface area (Å²) in [5, 5.41) is 1.48. The van der Waals surface area contributed by atoms with Crippen LogP contribution in [0.15, 0.2) is 18.2 Å². The molecular formula is C15H15ClN2O. The molecule has 0 spiro atoms. The fourth-order valence-electron chi connectivity index (χ4n) is 2.76. The van der Waals surface area contributed by atoms with E-state index in [0.717, 1.165) is 47.2 Å². The van der Waals surface area contributed by atoms with Gasteiger partial charge in [-0.25, -0.2) is 0 Å². The van der Waals surface area contributed by atoms with E-state index in [1.165, 1.54) is 0 Å². The van der Waals surface area contributed by atoms with Crippen LogP contribution in [0.2, 0.25) is 5.02 Å². The highest BCUT2D eigenvalue weighted by molar-refractivity contribution is 6.35. The molecule has 1 aromatic carbocycles. The number of carbonyl (C=O) groups is 1. The van der Waals surface area contributed by atoms with Gasteiger partial charge in [-0.3, -0.25) is 9.78 Å². The average molecular weight is 275 g/mol. The minimum Gasteiger partial charge on any atom is -0.302 e. The van der Waals surface area contributed by atoms with Gasteiger partial charge in [-0.1, -0.05) is 23.7 Å². The molecule has 98 valence electrons. The third-order valence-electron chi connectivity index (χ3n) is 3.66. The predicted molar refractivity (Wildman–Crippen MR) is 76.8 cm³/mol. The zero-order chi connectivity index (χ0) is 13.6. The van der Waals surface area contributed by atoms with Crippen molar-refractivity contribution in [2.75, 3.05) is 13.6 Å². The lowest BCUT2D eigenvalue weighted by atomic mass is 9.94. The van der Waals surface area contributed by atoms with Crippen LogP contribution in [0, 0.1) is 0 Å². The van der Waals surface area contributed by atoms with Crippen molar-refractivity contribution in [3.05, 3.63) is 40.0 Å². The lowest BCUT2D eigenvalue weighted by Crippen LogP contribution is -2.29. The standard InChI is InChI=1S/C15H15ClN2O/c1-9(19)14-10-4-3-5-12(16)15(10)17-13-6-7-18(2)8-11(13)14/h3-5H,6-8H2,1-2H3. The molecule has 1 aliphatic heterocycles. The van der Waals surface area contributed by atoms with E-state index in [4.69, 9.17) is 11.6 Å². The molecule has 2 heterocycles. The Balaban J connectivity index is 2.40. The molecule has 0 aliphatic carbocycles. The fourth-order valence-corrected chi connectivity index (χ4v) is 2.98. The van der Waals surface area contributed by atoms with E-state index in [2.05, 4.69) is 16.9 Å². The van der Waals surface area contributed by atoms with Crippen LogP contribution >= 0.6 is 11.6 Å². The number of fused-ring (bicyclic) bond motifs is 2. The van der Waals surface area contributed by atoms with E-state index in [1.54, 1.807) is 6.92 Å². The molecule has 3 nitrogen and oxygen atoms in total. The molecule has 2 aromatic rings. The second-order valence-corrected chi connectivity index (χ2v) is 5.50. The van der Waals surface area contributed by atoms with Gasteiger partial charge in [0.2, 0.25) is 0 Å². The Labute approximate surface area is 117 Å². The molecule has 1 aromatic heterocycles. The van der Waals surface area contributed by atoms with Crippen LogP contribution in [-0.2, 0) is 13.0 Å². The van der Waals surface area contributed by atoms with Crippen LogP contribution in [0.1, 0.15) is 28.5 Å². The molecule has 0 saturated heterocycles. The van der Waals surface area contributed by atoms with Gasteiger partial charge in [-0.05, 0) is 25.6 Å². The van der Waals surface area contributed by atoms with Crippen molar-refractivity contribution < 1.29 is 4.79 Å². The normalized spacial score (nSPS) is 15.5. The summed E-state index contributed by atoms with van der Waals surface area (Å²) in [5.74, 6) is 0.0845. The van der Waals surface area contributed by atoms with Crippen LogP contribution in [0.4, 0.5) is 0 Å². The van der Waals surface area contributed by atoms with E-state index in [0.29, 0.717) is 5.02 Å². The number of carbonyl (C=O) groups excluding carboxylic acids is 1. The first-order chi connectivity index (χ1) is 9.08. The molecule has 0 radical (unpaired) electrons. The molecule has 3 rings (SSSR count). The second kappa shape index (κ2) is 4.58. The third kappa shape index (κ3) is 2.03. The van der Waals surface area contributed by atoms with Gasteiger partial charge in [-0.15, -0.1) is 0 Å². The number of ketones is 1. The number of likely N-dealkylation sites (N-methyl/N-ethyl adjacent to an activating group) is 1. The van der Waals surface area contributed by atoms with Crippen molar-refractivity contribution >= 4 is 28.3 Å². The Bertz CT molecular complexity index is 681. The highest BCUT2D eigenvalue weighted by atomic mass is 35.5. The first-order valence-electron chi connectivity index (χ1n) is 6.37. The Kier molecular flexibility index (Phi) is 3.03. The van der Waals surface area contributed by atoms with Gasteiger partial charge in [0.25, 0.3) is 0 Å². The molecule has 0 bridgehead atoms. The second-order valence-electron chi connectivity index (χ2n) is 5.09. The first-order valence-corrected chi connectivity index (χ1v) is 6.75. The summed E-state index contributed by atoms with van der Waals surface area (Å²) in [4.78, 5) is 19.0. The van der Waals surface area contributed by atoms with Crippen LogP contribution in [-0.4, -0.2) is 29.3 Å². The molecule has 0 saturated carbocycles. The van der Waals surface area contributed by atoms with Crippen molar-refractivity contribution in [3.8, 4) is 0 Å². The molecule has 0 N–H and O–H groups in total. The van der Waals surface area contributed by atoms with Gasteiger partial charge in [0, 0.05) is 36.2 Å². The summed E-state index contributed by atoms with van der Waals surface area (Å²) < 4.78 is 0. The van der Waals surface area contributed by atoms with Crippen molar-refractivity contribution in [1.82, 2.24) is 9.88 Å². The maximum absolute atomic E-state index is 12.1. The summed E-state index contributed by atoms with van der Waals surface area (Å²) in [5.41, 5.74) is 3.62. The molecule has 19 heavy (non-hydrogen) atoms. The van der Waals surface area contributed by atoms with Crippen LogP contribution in [0.3, 0.4) is 0 Å². The van der Waals surface area contributed by atoms with Gasteiger partial charge in [0.1, 0.15) is 0 Å². The number of nitrogens with zero attached hydrogens (tertiary/aromatic N) is 2. The van der Waals surface area contributed by atoms with Crippen molar-refractivity contribution in [2.24, 2.45) is 0 Å². The van der Waals surface area contributed by atoms with Crippen LogP contribution in [0.25, 0.3) is 10.9 Å². The highest BCUT2D eigenvalue weighted by Gasteiger charge is 2.23. The lowest BCUT2D eigenvalue weighted by molar-refractivity contribution is 0.101. The molecule has 1 aliphatic rings. The average Bonchev–Trinajstić information content (AvgIpc) is 2.36. The van der Waals surface area contributed by atoms with E-state index in [1.807, 2.05) is 18.2 Å². The number of para-hydroxylation sites is 1. The minimum absolute atomic E-state index is 0.0845. The van der Waals surface area contributed by atoms with Crippen molar-refractivity contribution in [1.29, 1.82) is 0 Å². The number of benzene rings is 1. The number of hydrogen-bond donors (Lipinski definition) is 0. The number of rotatable bonds is 1. The monoisotopic (exact) mass is 274 g/mol. The predicted octanol–water partition coefficient (Wildman–Crippen LogP) is 3.08. The van der Waals surface area contributed by atoms with Crippen LogP contribution < -0.4 is 0 Å². The number of aromatic nitrogens is 1. The zero-order valence-corrected chi connectivity index (χ0v) is 11.8. The van der Waals surface area contributed by atoms with Gasteiger partial charge >= 0.3 is 0 Å². The maximum atomic E-state index is 12.1. The van der Waals surface area contributed by atoms with E-state index in [-0.39, 0.29) is 5.78 Å². The Hall–Kier alpha value is -1.45. The number of hydrogen-bond acceptors (Lipinski definition) is 3. The summed E-state index contributed by atoms with van der Waals surface area (Å²) in [7, 11) is 2.06. The van der Waals surface area contributed by atoms with Crippen LogP contribution in [0.5, 0.6) is 0 Å². The van der Waals surface area contributed by atoms with Gasteiger partial charge in [0.15, 0.2) is 5.78 Å². The zero-order valence-electron chi connectivity index (χ0n) is 11.0. The molecule has 0 unspecified atom stereocenters. The molecule has 0 atom stereocenters. The van der Waals surface area contributed by atoms with Crippen molar-refractivity contribution in [3.63, 3.8) is 0 Å². The largest absolute Gasteiger partial charge is 0.302 e. The quantitative estimate of drug-likeness (QED) is 0.750. The van der Waals surface area contributed by atoms with Crippen molar-refractivity contribution in [2.45, 2.75) is 19.9 Å². The maximum Gasteiger partial charge on any atom is 0.160 e. The molecular weight excluding hydrogens is 260 g/mol. The van der Waals surface area contributed by atoms with E-state index < -0.39 is 0 Å². The minimum atomic E-state index is 0.0845. The van der Waals surface area contributed by atoms with E-state index in [9.17, 15) is 4.79 Å². The summed E-state index contributed by atoms with van der Waals surface area (Å²) in [6.07, 6.45) is 0.868. The van der Waals surface area contributed by atoms with Gasteiger partial charge in [-0.2, -0.15) is 0 Å². The topological polar surface area (TPSA) is 33.2 Å². The van der Waals surface area contributed by atoms with Gasteiger partial charge in [0.05, 0.1) is 10.5 Å². The Morgan fingerprint density at radius 3 is 2.95 bits per heavy atom. The number of Topliss-reactive ketones (excluding diaryl/α,β-unsaturated/α-hetero) is 1. The summed E-state index contributed by atoms with van der Waals surface area (Å²) in [6, 6.07) is 5.62. The first kappa shape index (κ1) is 12.6. The fraction of sp³-hybridized carbons (Fsp3) is 0.333. The smallest absolute Gasteiger partial charge is 0.160 e. The molecule has 0 fully saturated rings. The third-order valence-corrected chi connectivity index (χ3v) is 3.97. The SMILES string of the molecule is CC(=O)c1c2c(nc3c(Cl)cccc13)CCN(C)C2. The molecule has 4 heteroatoms. The summed E-state index contributed by atoms with van der Waals surface area (Å²) >= 11 is 6.22. The Morgan fingerprint density at radius 2 is 2.21 bits per heavy atom. The number of pyridine rings is 1. The number of halogens is 1. The Morgan fingerprint density at radius 1 is 1.42 bits per heavy atom. The van der Waals surface area contributed by atoms with Gasteiger partial charge < -0.3 is 4.90 Å². The summed E-state index contributed by atoms with van der Waals surface area (Å²) in [6.45, 7) is 3.36. The van der Waals surface area contributed by atoms with E-state index >= 15 is 0 Å². The molecule has 0 amide bonds.